The summed E-state index contributed by atoms with van der Waals surface area (Å²) >= 11 is 2.00. The van der Waals surface area contributed by atoms with Crippen LogP contribution in [0.2, 0.25) is 0 Å². The molecule has 0 aliphatic rings. The summed E-state index contributed by atoms with van der Waals surface area (Å²) in [7, 11) is 0. The monoisotopic (exact) mass is 308 g/mol. The zero-order valence-electron chi connectivity index (χ0n) is 8.21. The molecule has 0 spiro atoms. The summed E-state index contributed by atoms with van der Waals surface area (Å²) in [5.74, 6) is 1.78. The van der Waals surface area contributed by atoms with Crippen molar-refractivity contribution in [2.75, 3.05) is 9.74 Å². The number of anilines is 1. The Bertz CT molecular complexity index is 310. The molecule has 5 heteroatoms. The van der Waals surface area contributed by atoms with Gasteiger partial charge < -0.3 is 9.84 Å². The lowest BCUT2D eigenvalue weighted by Gasteiger charge is -1.97. The third-order valence-electron chi connectivity index (χ3n) is 1.56. The molecule has 1 amide bonds. The van der Waals surface area contributed by atoms with Gasteiger partial charge in [0.15, 0.2) is 5.82 Å². The maximum absolute atomic E-state index is 11.0. The number of halogens is 1. The molecule has 78 valence electrons. The van der Waals surface area contributed by atoms with E-state index in [1.54, 1.807) is 6.07 Å². The SMILES string of the molecule is CC(C)Cc1cc(NC(=O)CI)no1. The number of amides is 1. The van der Waals surface area contributed by atoms with Crippen LogP contribution in [-0.2, 0) is 11.2 Å². The molecule has 0 aliphatic carbocycles. The fourth-order valence-electron chi connectivity index (χ4n) is 1.05. The van der Waals surface area contributed by atoms with Gasteiger partial charge in [0, 0.05) is 12.5 Å². The molecule has 0 unspecified atom stereocenters. The molecule has 0 atom stereocenters. The molecule has 0 aliphatic heterocycles. The first-order valence-electron chi connectivity index (χ1n) is 4.43. The molecule has 0 bridgehead atoms. The van der Waals surface area contributed by atoms with Gasteiger partial charge in [-0.3, -0.25) is 4.79 Å². The molecule has 4 nitrogen and oxygen atoms in total. The third-order valence-corrected chi connectivity index (χ3v) is 2.25. The van der Waals surface area contributed by atoms with E-state index < -0.39 is 0 Å². The van der Waals surface area contributed by atoms with Gasteiger partial charge in [-0.15, -0.1) is 0 Å². The first-order chi connectivity index (χ1) is 6.61. The fraction of sp³-hybridized carbons (Fsp3) is 0.556. The zero-order chi connectivity index (χ0) is 10.6. The summed E-state index contributed by atoms with van der Waals surface area (Å²) in [4.78, 5) is 11.0. The van der Waals surface area contributed by atoms with Crippen LogP contribution in [0.5, 0.6) is 0 Å². The Morgan fingerprint density at radius 3 is 3.00 bits per heavy atom. The van der Waals surface area contributed by atoms with E-state index in [9.17, 15) is 4.79 Å². The second kappa shape index (κ2) is 5.33. The predicted octanol–water partition coefficient (Wildman–Crippen LogP) is 2.25. The lowest BCUT2D eigenvalue weighted by atomic mass is 10.1. The molecule has 1 aromatic heterocycles. The molecule has 0 saturated heterocycles. The fourth-order valence-corrected chi connectivity index (χ4v) is 1.24. The number of aromatic nitrogens is 1. The lowest BCUT2D eigenvalue weighted by Crippen LogP contribution is -2.12. The largest absolute Gasteiger partial charge is 0.359 e. The second-order valence-electron chi connectivity index (χ2n) is 3.46. The topological polar surface area (TPSA) is 55.1 Å². The average molecular weight is 308 g/mol. The first kappa shape index (κ1) is 11.5. The average Bonchev–Trinajstić information content (AvgIpc) is 2.51. The summed E-state index contributed by atoms with van der Waals surface area (Å²) in [6.45, 7) is 4.21. The van der Waals surface area contributed by atoms with E-state index in [0.29, 0.717) is 16.2 Å². The molecule has 0 saturated carbocycles. The highest BCUT2D eigenvalue weighted by atomic mass is 127. The standard InChI is InChI=1S/C9H13IN2O2/c1-6(2)3-7-4-8(12-14-7)11-9(13)5-10/h4,6H,3,5H2,1-2H3,(H,11,12,13). The van der Waals surface area contributed by atoms with E-state index in [4.69, 9.17) is 4.52 Å². The maximum atomic E-state index is 11.0. The highest BCUT2D eigenvalue weighted by Crippen LogP contribution is 2.12. The summed E-state index contributed by atoms with van der Waals surface area (Å²) in [6.07, 6.45) is 0.840. The summed E-state index contributed by atoms with van der Waals surface area (Å²) in [6, 6.07) is 1.77. The van der Waals surface area contributed by atoms with Crippen LogP contribution >= 0.6 is 22.6 Å². The van der Waals surface area contributed by atoms with E-state index in [1.807, 2.05) is 22.6 Å². The predicted molar refractivity (Wildman–Crippen MR) is 62.6 cm³/mol. The van der Waals surface area contributed by atoms with Gasteiger partial charge >= 0.3 is 0 Å². The number of nitrogens with one attached hydrogen (secondary N) is 1. The Balaban J connectivity index is 2.55. The Kier molecular flexibility index (Phi) is 4.37. The van der Waals surface area contributed by atoms with Crippen molar-refractivity contribution in [2.24, 2.45) is 5.92 Å². The van der Waals surface area contributed by atoms with Crippen LogP contribution < -0.4 is 5.32 Å². The van der Waals surface area contributed by atoms with Crippen LogP contribution in [0.15, 0.2) is 10.6 Å². The molecule has 1 N–H and O–H groups in total. The number of carbonyl (C=O) groups is 1. The number of rotatable bonds is 4. The van der Waals surface area contributed by atoms with E-state index in [1.165, 1.54) is 0 Å². The normalized spacial score (nSPS) is 10.6. The van der Waals surface area contributed by atoms with Gasteiger partial charge in [0.2, 0.25) is 5.91 Å². The summed E-state index contributed by atoms with van der Waals surface area (Å²) in [5.41, 5.74) is 0. The minimum atomic E-state index is -0.0602. The number of hydrogen-bond donors (Lipinski definition) is 1. The molecular weight excluding hydrogens is 295 g/mol. The van der Waals surface area contributed by atoms with Crippen LogP contribution in [0.3, 0.4) is 0 Å². The van der Waals surface area contributed by atoms with Crippen molar-refractivity contribution >= 4 is 34.3 Å². The minimum Gasteiger partial charge on any atom is -0.359 e. The third kappa shape index (κ3) is 3.65. The Morgan fingerprint density at radius 2 is 2.43 bits per heavy atom. The Hall–Kier alpha value is -0.590. The molecule has 1 aromatic rings. The Labute approximate surface area is 96.6 Å². The van der Waals surface area contributed by atoms with Crippen molar-refractivity contribution in [3.63, 3.8) is 0 Å². The number of carbonyl (C=O) groups excluding carboxylic acids is 1. The quantitative estimate of drug-likeness (QED) is 0.685. The van der Waals surface area contributed by atoms with Gasteiger partial charge in [-0.05, 0) is 5.92 Å². The lowest BCUT2D eigenvalue weighted by molar-refractivity contribution is -0.113. The van der Waals surface area contributed by atoms with Crippen LogP contribution in [0, 0.1) is 5.92 Å². The first-order valence-corrected chi connectivity index (χ1v) is 5.95. The molecule has 14 heavy (non-hydrogen) atoms. The molecule has 1 rings (SSSR count). The number of alkyl halides is 1. The smallest absolute Gasteiger partial charge is 0.235 e. The number of nitrogens with zero attached hydrogens (tertiary/aromatic N) is 1. The van der Waals surface area contributed by atoms with Crippen molar-refractivity contribution in [3.05, 3.63) is 11.8 Å². The van der Waals surface area contributed by atoms with Gasteiger partial charge in [-0.1, -0.05) is 41.6 Å². The van der Waals surface area contributed by atoms with E-state index in [-0.39, 0.29) is 5.91 Å². The van der Waals surface area contributed by atoms with Gasteiger partial charge in [0.05, 0.1) is 4.43 Å². The van der Waals surface area contributed by atoms with Gasteiger partial charge in [0.1, 0.15) is 5.76 Å². The van der Waals surface area contributed by atoms with Crippen molar-refractivity contribution < 1.29 is 9.32 Å². The van der Waals surface area contributed by atoms with E-state index >= 15 is 0 Å². The molecular formula is C9H13IN2O2. The van der Waals surface area contributed by atoms with Crippen LogP contribution in [0.1, 0.15) is 19.6 Å². The van der Waals surface area contributed by atoms with Gasteiger partial charge in [0.25, 0.3) is 0 Å². The summed E-state index contributed by atoms with van der Waals surface area (Å²) < 4.78 is 5.47. The molecule has 0 fully saturated rings. The van der Waals surface area contributed by atoms with Crippen molar-refractivity contribution in [1.29, 1.82) is 0 Å². The molecule has 0 aromatic carbocycles. The van der Waals surface area contributed by atoms with E-state index in [0.717, 1.165) is 12.2 Å². The van der Waals surface area contributed by atoms with Crippen LogP contribution in [0.25, 0.3) is 0 Å². The van der Waals surface area contributed by atoms with Crippen LogP contribution in [0.4, 0.5) is 5.82 Å². The highest BCUT2D eigenvalue weighted by Gasteiger charge is 2.07. The molecule has 1 heterocycles. The second-order valence-corrected chi connectivity index (χ2v) is 4.22. The van der Waals surface area contributed by atoms with Crippen molar-refractivity contribution in [1.82, 2.24) is 5.16 Å². The molecule has 0 radical (unpaired) electrons. The van der Waals surface area contributed by atoms with E-state index in [2.05, 4.69) is 24.3 Å². The Morgan fingerprint density at radius 1 is 1.71 bits per heavy atom. The van der Waals surface area contributed by atoms with Crippen LogP contribution in [-0.4, -0.2) is 15.5 Å². The van der Waals surface area contributed by atoms with Gasteiger partial charge in [-0.2, -0.15) is 0 Å². The minimum absolute atomic E-state index is 0.0602. The number of hydrogen-bond acceptors (Lipinski definition) is 3. The summed E-state index contributed by atoms with van der Waals surface area (Å²) in [5, 5.41) is 6.38. The zero-order valence-corrected chi connectivity index (χ0v) is 10.4. The van der Waals surface area contributed by atoms with Gasteiger partial charge in [-0.25, -0.2) is 0 Å². The van der Waals surface area contributed by atoms with Crippen molar-refractivity contribution in [2.45, 2.75) is 20.3 Å². The highest BCUT2D eigenvalue weighted by molar-refractivity contribution is 14.1. The maximum Gasteiger partial charge on any atom is 0.235 e. The van der Waals surface area contributed by atoms with Crippen molar-refractivity contribution in [3.8, 4) is 0 Å².